The van der Waals surface area contributed by atoms with Crippen molar-refractivity contribution in [3.05, 3.63) is 18.2 Å². The van der Waals surface area contributed by atoms with E-state index in [0.717, 1.165) is 0 Å². The van der Waals surface area contributed by atoms with Crippen LogP contribution in [0.3, 0.4) is 0 Å². The number of carbonyl (C=O) groups is 2. The largest absolute Gasteiger partial charge is 0.494 e. The summed E-state index contributed by atoms with van der Waals surface area (Å²) in [6.07, 6.45) is 1.03. The Bertz CT molecular complexity index is 460. The molecule has 1 aromatic carbocycles. The van der Waals surface area contributed by atoms with Crippen LogP contribution in [0.25, 0.3) is 0 Å². The highest BCUT2D eigenvalue weighted by Gasteiger charge is 2.07. The summed E-state index contributed by atoms with van der Waals surface area (Å²) < 4.78 is 5.16. The molecule has 0 atom stereocenters. The van der Waals surface area contributed by atoms with Crippen LogP contribution in [0.5, 0.6) is 5.75 Å². The first-order valence-electron chi connectivity index (χ1n) is 6.02. The fourth-order valence-corrected chi connectivity index (χ4v) is 1.55. The third-order valence-electron chi connectivity index (χ3n) is 2.40. The lowest BCUT2D eigenvalue weighted by Gasteiger charge is -2.11. The third-order valence-corrected chi connectivity index (χ3v) is 2.40. The topological polar surface area (TPSA) is 93.4 Å². The normalized spacial score (nSPS) is 9.84. The van der Waals surface area contributed by atoms with E-state index in [4.69, 9.17) is 10.5 Å². The lowest BCUT2D eigenvalue weighted by atomic mass is 10.2. The van der Waals surface area contributed by atoms with Gasteiger partial charge in [0.05, 0.1) is 12.8 Å². The summed E-state index contributed by atoms with van der Waals surface area (Å²) in [5.41, 5.74) is 6.53. The molecule has 0 saturated heterocycles. The van der Waals surface area contributed by atoms with Gasteiger partial charge in [0, 0.05) is 25.1 Å². The molecule has 0 heterocycles. The Hall–Kier alpha value is -2.08. The number of rotatable bonds is 6. The summed E-state index contributed by atoms with van der Waals surface area (Å²) in [5.74, 6) is 0.213. The predicted octanol–water partition coefficient (Wildman–Crippen LogP) is 1.33. The highest BCUT2D eigenvalue weighted by atomic mass is 16.5. The van der Waals surface area contributed by atoms with E-state index in [1.807, 2.05) is 0 Å². The summed E-state index contributed by atoms with van der Waals surface area (Å²) in [7, 11) is 1.50. The number of benzene rings is 1. The minimum atomic E-state index is -0.182. The standard InChI is InChI=1S/C13H19N3O3/c1-9(17)15-11-6-5-10(8-12(11)19-2)16-13(18)4-3-7-14/h5-6,8H,3-4,7,14H2,1-2H3,(H,15,17)(H,16,18). The maximum Gasteiger partial charge on any atom is 0.224 e. The van der Waals surface area contributed by atoms with Gasteiger partial charge in [0.1, 0.15) is 5.75 Å². The Labute approximate surface area is 112 Å². The summed E-state index contributed by atoms with van der Waals surface area (Å²) in [6, 6.07) is 5.04. The molecule has 1 aromatic rings. The van der Waals surface area contributed by atoms with Crippen molar-refractivity contribution in [2.24, 2.45) is 5.73 Å². The van der Waals surface area contributed by atoms with E-state index in [2.05, 4.69) is 10.6 Å². The second kappa shape index (κ2) is 7.38. The van der Waals surface area contributed by atoms with Crippen LogP contribution in [-0.2, 0) is 9.59 Å². The highest BCUT2D eigenvalue weighted by Crippen LogP contribution is 2.27. The lowest BCUT2D eigenvalue weighted by molar-refractivity contribution is -0.116. The molecule has 19 heavy (non-hydrogen) atoms. The number of nitrogens with one attached hydrogen (secondary N) is 2. The second-order valence-electron chi connectivity index (χ2n) is 4.04. The van der Waals surface area contributed by atoms with Crippen LogP contribution in [0, 0.1) is 0 Å². The Morgan fingerprint density at radius 3 is 2.63 bits per heavy atom. The zero-order valence-electron chi connectivity index (χ0n) is 11.2. The van der Waals surface area contributed by atoms with Crippen molar-refractivity contribution in [2.45, 2.75) is 19.8 Å². The highest BCUT2D eigenvalue weighted by molar-refractivity contribution is 5.93. The van der Waals surface area contributed by atoms with Gasteiger partial charge in [0.15, 0.2) is 0 Å². The van der Waals surface area contributed by atoms with Gasteiger partial charge < -0.3 is 21.1 Å². The van der Waals surface area contributed by atoms with Crippen molar-refractivity contribution < 1.29 is 14.3 Å². The maximum absolute atomic E-state index is 11.6. The fourth-order valence-electron chi connectivity index (χ4n) is 1.55. The number of amides is 2. The molecule has 0 unspecified atom stereocenters. The van der Waals surface area contributed by atoms with Gasteiger partial charge in [-0.15, -0.1) is 0 Å². The average Bonchev–Trinajstić information content (AvgIpc) is 2.37. The first-order chi connectivity index (χ1) is 9.06. The molecule has 0 saturated carbocycles. The van der Waals surface area contributed by atoms with Crippen molar-refractivity contribution in [1.29, 1.82) is 0 Å². The monoisotopic (exact) mass is 265 g/mol. The molecule has 0 aromatic heterocycles. The van der Waals surface area contributed by atoms with Crippen LogP contribution >= 0.6 is 0 Å². The average molecular weight is 265 g/mol. The van der Waals surface area contributed by atoms with Crippen LogP contribution in [0.2, 0.25) is 0 Å². The van der Waals surface area contributed by atoms with Gasteiger partial charge >= 0.3 is 0 Å². The molecular weight excluding hydrogens is 246 g/mol. The Kier molecular flexibility index (Phi) is 5.81. The second-order valence-corrected chi connectivity index (χ2v) is 4.04. The number of hydrogen-bond donors (Lipinski definition) is 3. The molecule has 6 heteroatoms. The van der Waals surface area contributed by atoms with Crippen molar-refractivity contribution >= 4 is 23.2 Å². The minimum absolute atomic E-state index is 0.0974. The number of anilines is 2. The molecule has 6 nitrogen and oxygen atoms in total. The smallest absolute Gasteiger partial charge is 0.224 e. The van der Waals surface area contributed by atoms with Gasteiger partial charge in [-0.2, -0.15) is 0 Å². The first kappa shape index (κ1) is 15.0. The van der Waals surface area contributed by atoms with Crippen LogP contribution in [0.15, 0.2) is 18.2 Å². The molecule has 4 N–H and O–H groups in total. The first-order valence-corrected chi connectivity index (χ1v) is 6.02. The number of hydrogen-bond acceptors (Lipinski definition) is 4. The molecule has 0 fully saturated rings. The molecule has 0 radical (unpaired) electrons. The number of ether oxygens (including phenoxy) is 1. The Balaban J connectivity index is 2.76. The van der Waals surface area contributed by atoms with E-state index in [-0.39, 0.29) is 11.8 Å². The van der Waals surface area contributed by atoms with E-state index in [1.165, 1.54) is 14.0 Å². The molecule has 0 bridgehead atoms. The Morgan fingerprint density at radius 2 is 2.05 bits per heavy atom. The van der Waals surface area contributed by atoms with E-state index in [9.17, 15) is 9.59 Å². The number of nitrogens with two attached hydrogens (primary N) is 1. The van der Waals surface area contributed by atoms with E-state index in [1.54, 1.807) is 18.2 Å². The quantitative estimate of drug-likeness (QED) is 0.723. The third kappa shape index (κ3) is 4.97. The zero-order valence-corrected chi connectivity index (χ0v) is 11.2. The van der Waals surface area contributed by atoms with Crippen LogP contribution in [0.1, 0.15) is 19.8 Å². The zero-order chi connectivity index (χ0) is 14.3. The van der Waals surface area contributed by atoms with Gasteiger partial charge in [-0.3, -0.25) is 9.59 Å². The van der Waals surface area contributed by atoms with Crippen molar-refractivity contribution in [3.8, 4) is 5.75 Å². The van der Waals surface area contributed by atoms with Gasteiger partial charge in [0.25, 0.3) is 0 Å². The molecule has 1 rings (SSSR count). The van der Waals surface area contributed by atoms with E-state index < -0.39 is 0 Å². The van der Waals surface area contributed by atoms with Crippen molar-refractivity contribution in [2.75, 3.05) is 24.3 Å². The summed E-state index contributed by atoms with van der Waals surface area (Å²) >= 11 is 0. The Morgan fingerprint density at radius 1 is 1.32 bits per heavy atom. The molecule has 0 aliphatic carbocycles. The number of carbonyl (C=O) groups excluding carboxylic acids is 2. The van der Waals surface area contributed by atoms with Crippen molar-refractivity contribution in [1.82, 2.24) is 0 Å². The van der Waals surface area contributed by atoms with E-state index in [0.29, 0.717) is 36.5 Å². The van der Waals surface area contributed by atoms with Gasteiger partial charge in [0.2, 0.25) is 11.8 Å². The molecule has 0 spiro atoms. The van der Waals surface area contributed by atoms with E-state index >= 15 is 0 Å². The lowest BCUT2D eigenvalue weighted by Crippen LogP contribution is -2.13. The van der Waals surface area contributed by atoms with Gasteiger partial charge in [-0.25, -0.2) is 0 Å². The summed E-state index contributed by atoms with van der Waals surface area (Å²) in [5, 5.41) is 5.39. The maximum atomic E-state index is 11.6. The minimum Gasteiger partial charge on any atom is -0.494 e. The van der Waals surface area contributed by atoms with Crippen LogP contribution < -0.4 is 21.1 Å². The summed E-state index contributed by atoms with van der Waals surface area (Å²) in [6.45, 7) is 1.90. The molecular formula is C13H19N3O3. The molecule has 2 amide bonds. The predicted molar refractivity (Wildman–Crippen MR) is 74.2 cm³/mol. The van der Waals surface area contributed by atoms with Crippen LogP contribution in [0.4, 0.5) is 11.4 Å². The van der Waals surface area contributed by atoms with Crippen molar-refractivity contribution in [3.63, 3.8) is 0 Å². The summed E-state index contributed by atoms with van der Waals surface area (Å²) in [4.78, 5) is 22.6. The van der Waals surface area contributed by atoms with Crippen LogP contribution in [-0.4, -0.2) is 25.5 Å². The molecule has 0 aliphatic rings. The van der Waals surface area contributed by atoms with Gasteiger partial charge in [-0.05, 0) is 25.1 Å². The fraction of sp³-hybridized carbons (Fsp3) is 0.385. The molecule has 0 aliphatic heterocycles. The number of methoxy groups -OCH3 is 1. The SMILES string of the molecule is COc1cc(NC(=O)CCCN)ccc1NC(C)=O. The van der Waals surface area contributed by atoms with Gasteiger partial charge in [-0.1, -0.05) is 0 Å². The molecule has 104 valence electrons.